The zero-order chi connectivity index (χ0) is 21.6. The van der Waals surface area contributed by atoms with Gasteiger partial charge in [0, 0.05) is 36.3 Å². The molecule has 0 aliphatic rings. The first-order valence-electron chi connectivity index (χ1n) is 8.98. The summed E-state index contributed by atoms with van der Waals surface area (Å²) in [5.74, 6) is -0.402. The molecule has 0 heterocycles. The highest BCUT2D eigenvalue weighted by molar-refractivity contribution is 7.92. The number of carbonyl (C=O) groups excluding carboxylic acids is 2. The Hall–Kier alpha value is -2.58. The third kappa shape index (κ3) is 6.76. The minimum absolute atomic E-state index is 0.152. The Balaban J connectivity index is 1.96. The Bertz CT molecular complexity index is 991. The van der Waals surface area contributed by atoms with E-state index in [1.807, 2.05) is 0 Å². The summed E-state index contributed by atoms with van der Waals surface area (Å²) in [6.07, 6.45) is 1.62. The van der Waals surface area contributed by atoms with E-state index in [0.29, 0.717) is 34.1 Å². The number of amides is 2. The number of nitrogens with one attached hydrogen (secondary N) is 2. The molecule has 2 N–H and O–H groups in total. The summed E-state index contributed by atoms with van der Waals surface area (Å²) < 4.78 is 25.7. The lowest BCUT2D eigenvalue weighted by atomic mass is 10.2. The van der Waals surface area contributed by atoms with Crippen LogP contribution in [0.1, 0.15) is 25.3 Å². The Labute approximate surface area is 176 Å². The van der Waals surface area contributed by atoms with E-state index in [0.717, 1.165) is 6.26 Å². The van der Waals surface area contributed by atoms with E-state index in [-0.39, 0.29) is 24.8 Å². The van der Waals surface area contributed by atoms with Crippen LogP contribution >= 0.6 is 11.6 Å². The smallest absolute Gasteiger partial charge is 0.232 e. The van der Waals surface area contributed by atoms with Crippen molar-refractivity contribution in [3.63, 3.8) is 0 Å². The molecule has 2 aromatic carbocycles. The van der Waals surface area contributed by atoms with E-state index in [2.05, 4.69) is 10.6 Å². The zero-order valence-electron chi connectivity index (χ0n) is 16.5. The largest absolute Gasteiger partial charge is 0.326 e. The van der Waals surface area contributed by atoms with Crippen LogP contribution in [0.4, 0.5) is 17.1 Å². The summed E-state index contributed by atoms with van der Waals surface area (Å²) in [5.41, 5.74) is 2.41. The zero-order valence-corrected chi connectivity index (χ0v) is 18.1. The first kappa shape index (κ1) is 22.7. The number of rotatable bonds is 8. The number of halogens is 1. The van der Waals surface area contributed by atoms with Gasteiger partial charge in [0.05, 0.1) is 11.9 Å². The molecular weight excluding hydrogens is 414 g/mol. The number of sulfonamides is 1. The molecule has 2 aromatic rings. The van der Waals surface area contributed by atoms with Crippen molar-refractivity contribution in [3.8, 4) is 0 Å². The Morgan fingerprint density at radius 2 is 1.62 bits per heavy atom. The van der Waals surface area contributed by atoms with Crippen LogP contribution in [0.2, 0.25) is 5.02 Å². The van der Waals surface area contributed by atoms with Crippen LogP contribution < -0.4 is 14.9 Å². The SMILES string of the molecule is CC(=O)Nc1ccc(NC(=O)CCCN(c2cccc(Cl)c2C)S(C)(=O)=O)cc1. The van der Waals surface area contributed by atoms with Crippen LogP contribution in [-0.4, -0.2) is 33.0 Å². The third-order valence-electron chi connectivity index (χ3n) is 4.16. The molecule has 9 heteroatoms. The van der Waals surface area contributed by atoms with Gasteiger partial charge in [-0.2, -0.15) is 0 Å². The standard InChI is InChI=1S/C20H24ClN3O4S/c1-14-18(21)6-4-7-19(14)24(29(3,27)28)13-5-8-20(26)23-17-11-9-16(10-12-17)22-15(2)25/h4,6-7,9-12H,5,8,13H2,1-3H3,(H,22,25)(H,23,26). The molecule has 0 fully saturated rings. The maximum atomic E-state index is 12.2. The second kappa shape index (κ2) is 9.76. The number of hydrogen-bond donors (Lipinski definition) is 2. The number of benzene rings is 2. The molecule has 156 valence electrons. The summed E-state index contributed by atoms with van der Waals surface area (Å²) in [4.78, 5) is 23.2. The molecule has 2 amide bonds. The van der Waals surface area contributed by atoms with Gasteiger partial charge >= 0.3 is 0 Å². The molecule has 0 aromatic heterocycles. The van der Waals surface area contributed by atoms with Crippen molar-refractivity contribution in [2.75, 3.05) is 27.7 Å². The monoisotopic (exact) mass is 437 g/mol. The van der Waals surface area contributed by atoms with Crippen molar-refractivity contribution < 1.29 is 18.0 Å². The van der Waals surface area contributed by atoms with Crippen LogP contribution in [0, 0.1) is 6.92 Å². The van der Waals surface area contributed by atoms with E-state index < -0.39 is 10.0 Å². The predicted molar refractivity (Wildman–Crippen MR) is 117 cm³/mol. The van der Waals surface area contributed by atoms with E-state index in [4.69, 9.17) is 11.6 Å². The summed E-state index contributed by atoms with van der Waals surface area (Å²) in [5, 5.41) is 5.88. The van der Waals surface area contributed by atoms with Crippen LogP contribution in [0.5, 0.6) is 0 Å². The first-order valence-corrected chi connectivity index (χ1v) is 11.2. The van der Waals surface area contributed by atoms with Gasteiger partial charge in [0.25, 0.3) is 0 Å². The predicted octanol–water partition coefficient (Wildman–Crippen LogP) is 3.79. The number of carbonyl (C=O) groups is 2. The molecule has 0 atom stereocenters. The van der Waals surface area contributed by atoms with Gasteiger partial charge in [0.1, 0.15) is 0 Å². The van der Waals surface area contributed by atoms with Gasteiger partial charge < -0.3 is 10.6 Å². The van der Waals surface area contributed by atoms with E-state index in [1.54, 1.807) is 49.4 Å². The molecule has 0 spiro atoms. The van der Waals surface area contributed by atoms with Gasteiger partial charge in [0.2, 0.25) is 21.8 Å². The quantitative estimate of drug-likeness (QED) is 0.656. The second-order valence-electron chi connectivity index (χ2n) is 6.63. The van der Waals surface area contributed by atoms with E-state index in [1.165, 1.54) is 11.2 Å². The van der Waals surface area contributed by atoms with Gasteiger partial charge in [-0.1, -0.05) is 17.7 Å². The van der Waals surface area contributed by atoms with Gasteiger partial charge in [-0.05, 0) is 55.3 Å². The Kier molecular flexibility index (Phi) is 7.64. The van der Waals surface area contributed by atoms with Crippen molar-refractivity contribution in [2.45, 2.75) is 26.7 Å². The molecule has 0 saturated heterocycles. The number of anilines is 3. The molecule has 0 aliphatic heterocycles. The molecule has 0 saturated carbocycles. The van der Waals surface area contributed by atoms with Crippen molar-refractivity contribution in [3.05, 3.63) is 53.1 Å². The molecule has 29 heavy (non-hydrogen) atoms. The van der Waals surface area contributed by atoms with Crippen LogP contribution in [0.15, 0.2) is 42.5 Å². The Morgan fingerprint density at radius 3 is 2.17 bits per heavy atom. The van der Waals surface area contributed by atoms with Crippen LogP contribution in [0.3, 0.4) is 0 Å². The van der Waals surface area contributed by atoms with Crippen molar-refractivity contribution in [1.82, 2.24) is 0 Å². The minimum Gasteiger partial charge on any atom is -0.326 e. The third-order valence-corrected chi connectivity index (χ3v) is 5.75. The molecule has 2 rings (SSSR count). The first-order chi connectivity index (χ1) is 13.6. The van der Waals surface area contributed by atoms with Crippen molar-refractivity contribution in [2.24, 2.45) is 0 Å². The topological polar surface area (TPSA) is 95.6 Å². The number of hydrogen-bond acceptors (Lipinski definition) is 4. The molecule has 0 radical (unpaired) electrons. The van der Waals surface area contributed by atoms with E-state index in [9.17, 15) is 18.0 Å². The number of nitrogens with zero attached hydrogens (tertiary/aromatic N) is 1. The highest BCUT2D eigenvalue weighted by atomic mass is 35.5. The van der Waals surface area contributed by atoms with Crippen LogP contribution in [-0.2, 0) is 19.6 Å². The van der Waals surface area contributed by atoms with Gasteiger partial charge in [-0.25, -0.2) is 8.42 Å². The molecule has 0 bridgehead atoms. The fourth-order valence-corrected chi connectivity index (χ4v) is 3.96. The van der Waals surface area contributed by atoms with Crippen molar-refractivity contribution in [1.29, 1.82) is 0 Å². The Morgan fingerprint density at radius 1 is 1.03 bits per heavy atom. The molecule has 0 aliphatic carbocycles. The summed E-state index contributed by atoms with van der Waals surface area (Å²) in [6.45, 7) is 3.34. The fourth-order valence-electron chi connectivity index (χ4n) is 2.78. The lowest BCUT2D eigenvalue weighted by Gasteiger charge is -2.24. The lowest BCUT2D eigenvalue weighted by molar-refractivity contribution is -0.116. The maximum Gasteiger partial charge on any atom is 0.232 e. The second-order valence-corrected chi connectivity index (χ2v) is 8.94. The molecule has 0 unspecified atom stereocenters. The highest BCUT2D eigenvalue weighted by Gasteiger charge is 2.20. The molecular formula is C20H24ClN3O4S. The normalized spacial score (nSPS) is 11.0. The summed E-state index contributed by atoms with van der Waals surface area (Å²) in [7, 11) is -3.52. The average molecular weight is 438 g/mol. The summed E-state index contributed by atoms with van der Waals surface area (Å²) >= 11 is 6.11. The van der Waals surface area contributed by atoms with E-state index >= 15 is 0 Å². The van der Waals surface area contributed by atoms with Crippen LogP contribution in [0.25, 0.3) is 0 Å². The maximum absolute atomic E-state index is 12.2. The highest BCUT2D eigenvalue weighted by Crippen LogP contribution is 2.28. The summed E-state index contributed by atoms with van der Waals surface area (Å²) in [6, 6.07) is 11.8. The van der Waals surface area contributed by atoms with Gasteiger partial charge in [-0.3, -0.25) is 13.9 Å². The van der Waals surface area contributed by atoms with Gasteiger partial charge in [-0.15, -0.1) is 0 Å². The average Bonchev–Trinajstić information content (AvgIpc) is 2.62. The lowest BCUT2D eigenvalue weighted by Crippen LogP contribution is -2.32. The minimum atomic E-state index is -3.52. The fraction of sp³-hybridized carbons (Fsp3) is 0.300. The van der Waals surface area contributed by atoms with Crippen molar-refractivity contribution >= 4 is 50.5 Å². The molecule has 7 nitrogen and oxygen atoms in total. The van der Waals surface area contributed by atoms with Gasteiger partial charge in [0.15, 0.2) is 0 Å².